The molecule has 0 fully saturated rings. The zero-order chi connectivity index (χ0) is 18.8. The lowest BCUT2D eigenvalue weighted by Crippen LogP contribution is -2.09. The van der Waals surface area contributed by atoms with Crippen LogP contribution < -0.4 is 0 Å². The summed E-state index contributed by atoms with van der Waals surface area (Å²) in [6, 6.07) is 5.49. The minimum Gasteiger partial charge on any atom is -0.479 e. The van der Waals surface area contributed by atoms with Gasteiger partial charge < -0.3 is 14.5 Å². The number of aromatic nitrogens is 2. The highest BCUT2D eigenvalue weighted by atomic mass is 35.5. The third-order valence-electron chi connectivity index (χ3n) is 2.75. The van der Waals surface area contributed by atoms with Crippen LogP contribution in [0.1, 0.15) is 17.7 Å². The summed E-state index contributed by atoms with van der Waals surface area (Å²) in [7, 11) is 0. The molecule has 0 spiro atoms. The molecule has 0 aliphatic carbocycles. The molecule has 2 aromatic rings. The van der Waals surface area contributed by atoms with E-state index < -0.39 is 5.09 Å². The lowest BCUT2D eigenvalue weighted by atomic mass is 10.1. The van der Waals surface area contributed by atoms with E-state index in [1.165, 1.54) is 11.8 Å². The van der Waals surface area contributed by atoms with Crippen molar-refractivity contribution >= 4 is 51.6 Å². The normalized spacial score (nSPS) is 11.2. The topological polar surface area (TPSA) is 90.4 Å². The molecule has 1 unspecified atom stereocenters. The molecule has 0 radical (unpaired) electrons. The van der Waals surface area contributed by atoms with Crippen LogP contribution in [0.25, 0.3) is 0 Å². The molecule has 0 aliphatic rings. The Morgan fingerprint density at radius 1 is 1.56 bits per heavy atom. The van der Waals surface area contributed by atoms with Gasteiger partial charge in [-0.2, -0.15) is 0 Å². The molecule has 0 saturated heterocycles. The first-order chi connectivity index (χ1) is 11.8. The van der Waals surface area contributed by atoms with E-state index in [1.807, 2.05) is 29.8 Å². The minimum atomic E-state index is -1.50. The van der Waals surface area contributed by atoms with E-state index in [0.717, 1.165) is 5.56 Å². The van der Waals surface area contributed by atoms with E-state index in [9.17, 15) is 0 Å². The van der Waals surface area contributed by atoms with Gasteiger partial charge in [-0.3, -0.25) is 0 Å². The van der Waals surface area contributed by atoms with Crippen LogP contribution in [-0.4, -0.2) is 30.8 Å². The van der Waals surface area contributed by atoms with Crippen LogP contribution >= 0.6 is 47.2 Å². The number of thiocarbonyl (C=S) groups is 1. The van der Waals surface area contributed by atoms with E-state index in [4.69, 9.17) is 55.5 Å². The Balaban J connectivity index is 0.000000705. The summed E-state index contributed by atoms with van der Waals surface area (Å²) >= 11 is 19.0. The Bertz CT molecular complexity index is 697. The third kappa shape index (κ3) is 8.39. The van der Waals surface area contributed by atoms with Crippen LogP contribution in [0.5, 0.6) is 0 Å². The van der Waals surface area contributed by atoms with Crippen LogP contribution in [-0.2, 0) is 11.3 Å². The van der Waals surface area contributed by atoms with Gasteiger partial charge in [0.05, 0.1) is 18.2 Å². The first kappa shape index (κ1) is 21.5. The van der Waals surface area contributed by atoms with Gasteiger partial charge in [0.2, 0.25) is 4.38 Å². The second-order valence-electron chi connectivity index (χ2n) is 4.45. The minimum absolute atomic E-state index is 0.0306. The highest BCUT2D eigenvalue weighted by Gasteiger charge is 2.19. The maximum absolute atomic E-state index is 8.36. The van der Waals surface area contributed by atoms with Crippen molar-refractivity contribution in [2.24, 2.45) is 0 Å². The average Bonchev–Trinajstić information content (AvgIpc) is 2.99. The molecule has 136 valence electrons. The van der Waals surface area contributed by atoms with E-state index >= 15 is 0 Å². The summed E-state index contributed by atoms with van der Waals surface area (Å²) in [6.07, 6.45) is 5.41. The molecule has 1 atom stereocenters. The lowest BCUT2D eigenvalue weighted by Gasteiger charge is -2.19. The number of benzene rings is 1. The number of rotatable bonds is 5. The van der Waals surface area contributed by atoms with Crippen LogP contribution in [0.3, 0.4) is 0 Å². The van der Waals surface area contributed by atoms with Crippen LogP contribution in [0, 0.1) is 10.1 Å². The summed E-state index contributed by atoms with van der Waals surface area (Å²) in [5, 5.41) is 14.9. The fourth-order valence-corrected chi connectivity index (χ4v) is 3.88. The molecule has 1 heterocycles. The van der Waals surface area contributed by atoms with Crippen LogP contribution in [0.15, 0.2) is 36.9 Å². The molecule has 1 aromatic heterocycles. The fraction of sp³-hybridized carbons (Fsp3) is 0.286. The maximum atomic E-state index is 8.36. The van der Waals surface area contributed by atoms with E-state index in [0.29, 0.717) is 27.6 Å². The molecule has 11 heteroatoms. The van der Waals surface area contributed by atoms with Gasteiger partial charge in [0.25, 0.3) is 5.09 Å². The predicted octanol–water partition coefficient (Wildman–Crippen LogP) is 4.64. The number of hydrogen-bond acceptors (Lipinski definition) is 6. The number of nitrogens with zero attached hydrogens (tertiary/aromatic N) is 3. The first-order valence-corrected chi connectivity index (χ1v) is 8.95. The molecular weight excluding hydrogens is 409 g/mol. The summed E-state index contributed by atoms with van der Waals surface area (Å²) in [5.41, 5.74) is 0.974. The predicted molar refractivity (Wildman–Crippen MR) is 102 cm³/mol. The Hall–Kier alpha value is -1.55. The van der Waals surface area contributed by atoms with E-state index in [-0.39, 0.29) is 5.25 Å². The number of thioether (sulfide) groups is 1. The highest BCUT2D eigenvalue weighted by Crippen LogP contribution is 2.37. The van der Waals surface area contributed by atoms with E-state index in [2.05, 4.69) is 4.98 Å². The number of halogens is 2. The van der Waals surface area contributed by atoms with Crippen molar-refractivity contribution in [3.63, 3.8) is 0 Å². The highest BCUT2D eigenvalue weighted by molar-refractivity contribution is 8.22. The van der Waals surface area contributed by atoms with Crippen molar-refractivity contribution < 1.29 is 15.0 Å². The number of hydrogen-bond donors (Lipinski definition) is 1. The Kier molecular flexibility index (Phi) is 9.58. The van der Waals surface area contributed by atoms with Crippen molar-refractivity contribution in [1.82, 2.24) is 9.55 Å². The van der Waals surface area contributed by atoms with Gasteiger partial charge in [-0.25, -0.2) is 4.98 Å². The monoisotopic (exact) mass is 423 g/mol. The van der Waals surface area contributed by atoms with E-state index in [1.54, 1.807) is 18.6 Å². The SMILES string of the molecule is CCOC(=S)SC(Cn1ccnc1)c1ccc(Cl)cc1Cl.O=[N+]([O-])O. The van der Waals surface area contributed by atoms with Gasteiger partial charge >= 0.3 is 0 Å². The summed E-state index contributed by atoms with van der Waals surface area (Å²) in [4.78, 5) is 12.4. The quantitative estimate of drug-likeness (QED) is 0.425. The molecule has 1 N–H and O–H groups in total. The summed E-state index contributed by atoms with van der Waals surface area (Å²) in [5.74, 6) is 0. The van der Waals surface area contributed by atoms with Crippen molar-refractivity contribution in [3.8, 4) is 0 Å². The van der Waals surface area contributed by atoms with Gasteiger partial charge in [-0.15, -0.1) is 10.1 Å². The molecule has 1 aromatic carbocycles. The summed E-state index contributed by atoms with van der Waals surface area (Å²) in [6.45, 7) is 3.16. The van der Waals surface area contributed by atoms with Crippen LogP contribution in [0.4, 0.5) is 0 Å². The Morgan fingerprint density at radius 2 is 2.24 bits per heavy atom. The third-order valence-corrected chi connectivity index (χ3v) is 4.71. The molecule has 0 saturated carbocycles. The largest absolute Gasteiger partial charge is 0.479 e. The molecular formula is C14H15Cl2N3O4S2. The number of ether oxygens (including phenoxy) is 1. The average molecular weight is 424 g/mol. The number of imidazole rings is 1. The smallest absolute Gasteiger partial charge is 0.291 e. The molecule has 0 amide bonds. The molecule has 0 bridgehead atoms. The van der Waals surface area contributed by atoms with Crippen molar-refractivity contribution in [2.75, 3.05) is 6.61 Å². The molecule has 2 rings (SSSR count). The van der Waals surface area contributed by atoms with Crippen molar-refractivity contribution in [1.29, 1.82) is 0 Å². The van der Waals surface area contributed by atoms with Gasteiger partial charge in [0.15, 0.2) is 0 Å². The van der Waals surface area contributed by atoms with Gasteiger partial charge in [-0.1, -0.05) is 41.0 Å². The van der Waals surface area contributed by atoms with Gasteiger partial charge in [0, 0.05) is 29.0 Å². The zero-order valence-corrected chi connectivity index (χ0v) is 16.2. The molecule has 25 heavy (non-hydrogen) atoms. The maximum Gasteiger partial charge on any atom is 0.291 e. The Morgan fingerprint density at radius 3 is 2.76 bits per heavy atom. The fourth-order valence-electron chi connectivity index (χ4n) is 1.82. The zero-order valence-electron chi connectivity index (χ0n) is 13.0. The second kappa shape index (κ2) is 11.1. The van der Waals surface area contributed by atoms with Crippen LogP contribution in [0.2, 0.25) is 10.0 Å². The van der Waals surface area contributed by atoms with Crippen molar-refractivity contribution in [3.05, 3.63) is 62.6 Å². The van der Waals surface area contributed by atoms with Gasteiger partial charge in [-0.05, 0) is 36.8 Å². The van der Waals surface area contributed by atoms with Gasteiger partial charge in [0.1, 0.15) is 0 Å². The summed E-state index contributed by atoms with van der Waals surface area (Å²) < 4.78 is 7.87. The Labute approximate surface area is 164 Å². The molecule has 7 nitrogen and oxygen atoms in total. The second-order valence-corrected chi connectivity index (χ2v) is 7.10. The van der Waals surface area contributed by atoms with Crippen molar-refractivity contribution in [2.45, 2.75) is 18.7 Å². The lowest BCUT2D eigenvalue weighted by molar-refractivity contribution is -0.742. The standard InChI is InChI=1S/C14H14Cl2N2OS2.HNO3/c1-2-19-14(20)21-13(8-18-6-5-17-9-18)11-4-3-10(15)7-12(11)16;2-1(3)4/h3-7,9,13H,2,8H2,1H3;(H,2,3,4). The molecule has 0 aliphatic heterocycles. The first-order valence-electron chi connectivity index (χ1n) is 6.90.